The van der Waals surface area contributed by atoms with Gasteiger partial charge in [0.2, 0.25) is 5.95 Å². The molecule has 1 aromatic heterocycles. The first-order valence-electron chi connectivity index (χ1n) is 11.9. The van der Waals surface area contributed by atoms with Crippen molar-refractivity contribution in [1.82, 2.24) is 14.9 Å². The molecule has 0 atom stereocenters. The van der Waals surface area contributed by atoms with Gasteiger partial charge in [0.15, 0.2) is 0 Å². The lowest BCUT2D eigenvalue weighted by molar-refractivity contribution is -0.149. The van der Waals surface area contributed by atoms with Gasteiger partial charge in [0.25, 0.3) is 0 Å². The second kappa shape index (κ2) is 11.6. The number of nitrogens with zero attached hydrogens (tertiary/aromatic N) is 3. The highest BCUT2D eigenvalue weighted by atomic mass is 16.5. The third-order valence-electron chi connectivity index (χ3n) is 6.01. The maximum Gasteiger partial charge on any atom is 0.309 e. The number of aromatic nitrogens is 2. The molecule has 1 aliphatic heterocycles. The summed E-state index contributed by atoms with van der Waals surface area (Å²) in [5, 5.41) is 3.24. The standard InChI is InChI=1S/C27H32N4O3/c1-3-33-26(32)22-11-13-31(14-12-22)15-16-34-25-6-4-5-24(17-25)30-27-28-18-23(19-29-27)21-9-7-20(2)8-10-21/h4-10,17-19,22H,3,11-16H2,1-2H3,(H,28,29,30). The fourth-order valence-electron chi connectivity index (χ4n) is 4.03. The number of hydrogen-bond acceptors (Lipinski definition) is 7. The fourth-order valence-corrected chi connectivity index (χ4v) is 4.03. The average molecular weight is 461 g/mol. The number of carbonyl (C=O) groups is 1. The Morgan fingerprint density at radius 2 is 1.79 bits per heavy atom. The summed E-state index contributed by atoms with van der Waals surface area (Å²) in [5.41, 5.74) is 4.17. The van der Waals surface area contributed by atoms with E-state index in [9.17, 15) is 4.79 Å². The Balaban J connectivity index is 1.24. The highest BCUT2D eigenvalue weighted by molar-refractivity contribution is 5.72. The number of carbonyl (C=O) groups excluding carboxylic acids is 1. The predicted molar refractivity (Wildman–Crippen MR) is 133 cm³/mol. The van der Waals surface area contributed by atoms with Crippen molar-refractivity contribution in [3.63, 3.8) is 0 Å². The van der Waals surface area contributed by atoms with Crippen molar-refractivity contribution in [1.29, 1.82) is 0 Å². The van der Waals surface area contributed by atoms with E-state index < -0.39 is 0 Å². The lowest BCUT2D eigenvalue weighted by Gasteiger charge is -2.30. The molecular weight excluding hydrogens is 428 g/mol. The predicted octanol–water partition coefficient (Wildman–Crippen LogP) is 4.85. The summed E-state index contributed by atoms with van der Waals surface area (Å²) in [6.45, 7) is 7.58. The zero-order chi connectivity index (χ0) is 23.8. The zero-order valence-electron chi connectivity index (χ0n) is 19.9. The number of ether oxygens (including phenoxy) is 2. The number of piperidine rings is 1. The van der Waals surface area contributed by atoms with E-state index in [1.54, 1.807) is 0 Å². The van der Waals surface area contributed by atoms with Crippen LogP contribution < -0.4 is 10.1 Å². The van der Waals surface area contributed by atoms with E-state index in [2.05, 4.69) is 51.4 Å². The van der Waals surface area contributed by atoms with Gasteiger partial charge >= 0.3 is 5.97 Å². The molecule has 0 spiro atoms. The van der Waals surface area contributed by atoms with Gasteiger partial charge in [0, 0.05) is 36.3 Å². The van der Waals surface area contributed by atoms with E-state index in [0.717, 1.165) is 55.0 Å². The Hall–Kier alpha value is -3.45. The van der Waals surface area contributed by atoms with Crippen molar-refractivity contribution in [3.8, 4) is 16.9 Å². The van der Waals surface area contributed by atoms with Gasteiger partial charge in [0.05, 0.1) is 12.5 Å². The number of benzene rings is 2. The fraction of sp³-hybridized carbons (Fsp3) is 0.370. The lowest BCUT2D eigenvalue weighted by Crippen LogP contribution is -2.39. The summed E-state index contributed by atoms with van der Waals surface area (Å²) >= 11 is 0. The van der Waals surface area contributed by atoms with E-state index in [4.69, 9.17) is 9.47 Å². The lowest BCUT2D eigenvalue weighted by atomic mass is 9.97. The van der Waals surface area contributed by atoms with Crippen LogP contribution in [0.15, 0.2) is 60.9 Å². The Labute approximate surface area is 201 Å². The average Bonchev–Trinajstić information content (AvgIpc) is 2.86. The number of esters is 1. The van der Waals surface area contributed by atoms with Gasteiger partial charge in [-0.15, -0.1) is 0 Å². The first-order chi connectivity index (χ1) is 16.6. The summed E-state index contributed by atoms with van der Waals surface area (Å²) in [4.78, 5) is 23.1. The molecule has 1 saturated heterocycles. The summed E-state index contributed by atoms with van der Waals surface area (Å²) in [6, 6.07) is 16.1. The van der Waals surface area contributed by atoms with Gasteiger partial charge in [-0.25, -0.2) is 9.97 Å². The summed E-state index contributed by atoms with van der Waals surface area (Å²) in [7, 11) is 0. The van der Waals surface area contributed by atoms with E-state index in [0.29, 0.717) is 19.2 Å². The molecule has 4 rings (SSSR count). The number of nitrogens with one attached hydrogen (secondary N) is 1. The monoisotopic (exact) mass is 460 g/mol. The normalized spacial score (nSPS) is 14.5. The molecule has 1 N–H and O–H groups in total. The van der Waals surface area contributed by atoms with Crippen LogP contribution in [-0.2, 0) is 9.53 Å². The third-order valence-corrected chi connectivity index (χ3v) is 6.01. The van der Waals surface area contributed by atoms with Crippen molar-refractivity contribution < 1.29 is 14.3 Å². The summed E-state index contributed by atoms with van der Waals surface area (Å²) in [6.07, 6.45) is 5.35. The molecule has 0 saturated carbocycles. The second-order valence-electron chi connectivity index (χ2n) is 8.53. The van der Waals surface area contributed by atoms with Gasteiger partial charge in [-0.3, -0.25) is 9.69 Å². The van der Waals surface area contributed by atoms with Crippen LogP contribution in [0.25, 0.3) is 11.1 Å². The van der Waals surface area contributed by atoms with Crippen LogP contribution in [0, 0.1) is 12.8 Å². The number of anilines is 2. The van der Waals surface area contributed by atoms with Crippen LogP contribution in [0.4, 0.5) is 11.6 Å². The van der Waals surface area contributed by atoms with E-state index in [-0.39, 0.29) is 11.9 Å². The van der Waals surface area contributed by atoms with E-state index in [1.165, 1.54) is 5.56 Å². The second-order valence-corrected chi connectivity index (χ2v) is 8.53. The first kappa shape index (κ1) is 23.7. The molecular formula is C27H32N4O3. The minimum atomic E-state index is -0.0588. The molecule has 0 aliphatic carbocycles. The van der Waals surface area contributed by atoms with Gasteiger partial charge in [-0.1, -0.05) is 35.9 Å². The molecule has 178 valence electrons. The molecule has 0 amide bonds. The summed E-state index contributed by atoms with van der Waals surface area (Å²) in [5.74, 6) is 1.31. The molecule has 1 fully saturated rings. The Kier molecular flexibility index (Phi) is 8.09. The van der Waals surface area contributed by atoms with Crippen molar-refractivity contribution in [2.24, 2.45) is 5.92 Å². The number of likely N-dealkylation sites (tertiary alicyclic amines) is 1. The van der Waals surface area contributed by atoms with Crippen LogP contribution in [0.1, 0.15) is 25.3 Å². The largest absolute Gasteiger partial charge is 0.492 e. The van der Waals surface area contributed by atoms with Crippen molar-refractivity contribution in [3.05, 3.63) is 66.5 Å². The van der Waals surface area contributed by atoms with E-state index >= 15 is 0 Å². The van der Waals surface area contributed by atoms with Crippen LogP contribution >= 0.6 is 0 Å². The molecule has 1 aliphatic rings. The third kappa shape index (κ3) is 6.54. The van der Waals surface area contributed by atoms with E-state index in [1.807, 2.05) is 43.6 Å². The highest BCUT2D eigenvalue weighted by Gasteiger charge is 2.25. The Morgan fingerprint density at radius 1 is 1.06 bits per heavy atom. The van der Waals surface area contributed by atoms with Gasteiger partial charge < -0.3 is 14.8 Å². The minimum Gasteiger partial charge on any atom is -0.492 e. The number of rotatable bonds is 9. The maximum atomic E-state index is 11.9. The zero-order valence-corrected chi connectivity index (χ0v) is 19.9. The molecule has 7 heteroatoms. The van der Waals surface area contributed by atoms with Crippen molar-refractivity contribution in [2.45, 2.75) is 26.7 Å². The van der Waals surface area contributed by atoms with Crippen LogP contribution in [0.3, 0.4) is 0 Å². The van der Waals surface area contributed by atoms with Crippen LogP contribution in [-0.4, -0.2) is 53.7 Å². The molecule has 0 unspecified atom stereocenters. The number of aryl methyl sites for hydroxylation is 1. The Morgan fingerprint density at radius 3 is 2.50 bits per heavy atom. The topological polar surface area (TPSA) is 76.6 Å². The highest BCUT2D eigenvalue weighted by Crippen LogP contribution is 2.23. The number of hydrogen-bond donors (Lipinski definition) is 1. The van der Waals surface area contributed by atoms with Crippen molar-refractivity contribution in [2.75, 3.05) is 38.2 Å². The molecule has 2 aromatic carbocycles. The summed E-state index contributed by atoms with van der Waals surface area (Å²) < 4.78 is 11.1. The molecule has 2 heterocycles. The smallest absolute Gasteiger partial charge is 0.309 e. The van der Waals surface area contributed by atoms with Crippen molar-refractivity contribution >= 4 is 17.6 Å². The van der Waals surface area contributed by atoms with Crippen LogP contribution in [0.2, 0.25) is 0 Å². The molecule has 7 nitrogen and oxygen atoms in total. The molecule has 3 aromatic rings. The minimum absolute atomic E-state index is 0.0352. The van der Waals surface area contributed by atoms with Crippen LogP contribution in [0.5, 0.6) is 5.75 Å². The Bertz CT molecular complexity index is 1060. The molecule has 0 bridgehead atoms. The first-order valence-corrected chi connectivity index (χ1v) is 11.9. The SMILES string of the molecule is CCOC(=O)C1CCN(CCOc2cccc(Nc3ncc(-c4ccc(C)cc4)cn3)c2)CC1. The van der Waals surface area contributed by atoms with Gasteiger partial charge in [-0.2, -0.15) is 0 Å². The quantitative estimate of drug-likeness (QED) is 0.458. The maximum absolute atomic E-state index is 11.9. The molecule has 34 heavy (non-hydrogen) atoms. The molecule has 0 radical (unpaired) electrons. The van der Waals surface area contributed by atoms with Gasteiger partial charge in [-0.05, 0) is 57.5 Å². The van der Waals surface area contributed by atoms with Gasteiger partial charge in [0.1, 0.15) is 12.4 Å².